The lowest BCUT2D eigenvalue weighted by molar-refractivity contribution is 0.0925. The summed E-state index contributed by atoms with van der Waals surface area (Å²) in [5, 5.41) is 6.03. The minimum atomic E-state index is -0.174. The zero-order valence-electron chi connectivity index (χ0n) is 13.2. The van der Waals surface area contributed by atoms with Gasteiger partial charge in [0.15, 0.2) is 5.76 Å². The van der Waals surface area contributed by atoms with Gasteiger partial charge >= 0.3 is 0 Å². The highest BCUT2D eigenvalue weighted by Gasteiger charge is 2.14. The van der Waals surface area contributed by atoms with E-state index in [0.717, 1.165) is 12.1 Å². The average molecular weight is 334 g/mol. The Hall–Kier alpha value is -1.76. The summed E-state index contributed by atoms with van der Waals surface area (Å²) in [5.74, 6) is 0.924. The molecule has 0 aliphatic carbocycles. The first-order valence-corrected chi connectivity index (χ1v) is 8.52. The highest BCUT2D eigenvalue weighted by molar-refractivity contribution is 7.98. The summed E-state index contributed by atoms with van der Waals surface area (Å²) in [6.07, 6.45) is 1.56. The number of carbonyl (C=O) groups excluding carboxylic acids is 1. The molecule has 0 aliphatic heterocycles. The van der Waals surface area contributed by atoms with Crippen molar-refractivity contribution in [3.63, 3.8) is 0 Å². The molecule has 0 fully saturated rings. The number of hydrogen-bond acceptors (Lipinski definition) is 5. The molecule has 1 aromatic heterocycles. The van der Waals surface area contributed by atoms with E-state index in [-0.39, 0.29) is 5.91 Å². The molecule has 0 saturated carbocycles. The first-order valence-electron chi connectivity index (χ1n) is 7.53. The number of amides is 1. The van der Waals surface area contributed by atoms with E-state index in [1.807, 2.05) is 24.3 Å². The molecule has 1 aromatic carbocycles. The smallest absolute Gasteiger partial charge is 0.287 e. The molecule has 0 unspecified atom stereocenters. The Labute approximate surface area is 140 Å². The summed E-state index contributed by atoms with van der Waals surface area (Å²) in [7, 11) is 1.66. The lowest BCUT2D eigenvalue weighted by Crippen LogP contribution is -2.33. The first-order chi connectivity index (χ1) is 11.3. The predicted octanol–water partition coefficient (Wildman–Crippen LogP) is 2.54. The summed E-state index contributed by atoms with van der Waals surface area (Å²) < 4.78 is 10.3. The van der Waals surface area contributed by atoms with Gasteiger partial charge in [-0.25, -0.2) is 0 Å². The number of carbonyl (C=O) groups is 1. The third kappa shape index (κ3) is 6.09. The van der Waals surface area contributed by atoms with Crippen LogP contribution in [0.25, 0.3) is 0 Å². The van der Waals surface area contributed by atoms with Crippen molar-refractivity contribution < 1.29 is 13.9 Å². The van der Waals surface area contributed by atoms with Gasteiger partial charge in [-0.3, -0.25) is 4.79 Å². The van der Waals surface area contributed by atoms with E-state index in [1.54, 1.807) is 25.1 Å². The number of rotatable bonds is 10. The van der Waals surface area contributed by atoms with Crippen molar-refractivity contribution in [1.82, 2.24) is 10.6 Å². The highest BCUT2D eigenvalue weighted by Crippen LogP contribution is 2.24. The molecule has 0 atom stereocenters. The first kappa shape index (κ1) is 17.6. The van der Waals surface area contributed by atoms with Gasteiger partial charge in [-0.05, 0) is 18.2 Å². The van der Waals surface area contributed by atoms with Gasteiger partial charge in [0.2, 0.25) is 0 Å². The van der Waals surface area contributed by atoms with Crippen LogP contribution < -0.4 is 10.6 Å². The molecule has 6 heteroatoms. The van der Waals surface area contributed by atoms with E-state index in [2.05, 4.69) is 22.8 Å². The molecule has 2 rings (SSSR count). The molecule has 0 aliphatic rings. The maximum atomic E-state index is 12.2. The van der Waals surface area contributed by atoms with Gasteiger partial charge in [0.1, 0.15) is 0 Å². The Kier molecular flexibility index (Phi) is 7.72. The molecule has 0 bridgehead atoms. The van der Waals surface area contributed by atoms with E-state index >= 15 is 0 Å². The lowest BCUT2D eigenvalue weighted by atomic mass is 10.2. The molecule has 23 heavy (non-hydrogen) atoms. The van der Waals surface area contributed by atoms with Gasteiger partial charge in [0.05, 0.1) is 12.9 Å². The zero-order valence-corrected chi connectivity index (χ0v) is 14.0. The SMILES string of the molecule is COCCNCCNC(=O)c1occc1CSc1ccccc1. The van der Waals surface area contributed by atoms with E-state index < -0.39 is 0 Å². The maximum Gasteiger partial charge on any atom is 0.287 e. The Bertz CT molecular complexity index is 587. The van der Waals surface area contributed by atoms with Gasteiger partial charge in [0, 0.05) is 43.0 Å². The largest absolute Gasteiger partial charge is 0.459 e. The van der Waals surface area contributed by atoms with Gasteiger partial charge in [0.25, 0.3) is 5.91 Å². The number of furan rings is 1. The van der Waals surface area contributed by atoms with Crippen LogP contribution in [0.5, 0.6) is 0 Å². The maximum absolute atomic E-state index is 12.2. The fraction of sp³-hybridized carbons (Fsp3) is 0.353. The van der Waals surface area contributed by atoms with Crippen molar-refractivity contribution in [2.24, 2.45) is 0 Å². The van der Waals surface area contributed by atoms with Crippen LogP contribution in [0.4, 0.5) is 0 Å². The Morgan fingerprint density at radius 3 is 2.78 bits per heavy atom. The van der Waals surface area contributed by atoms with Gasteiger partial charge in [-0.2, -0.15) is 0 Å². The molecule has 0 saturated heterocycles. The molecular weight excluding hydrogens is 312 g/mol. The minimum absolute atomic E-state index is 0.174. The number of ether oxygens (including phenoxy) is 1. The van der Waals surface area contributed by atoms with Crippen LogP contribution in [0.15, 0.2) is 52.0 Å². The normalized spacial score (nSPS) is 10.7. The number of methoxy groups -OCH3 is 1. The van der Waals surface area contributed by atoms with Crippen molar-refractivity contribution >= 4 is 17.7 Å². The molecular formula is C17H22N2O3S. The quantitative estimate of drug-likeness (QED) is 0.516. The fourth-order valence-corrected chi connectivity index (χ4v) is 2.87. The number of benzene rings is 1. The topological polar surface area (TPSA) is 63.5 Å². The fourth-order valence-electron chi connectivity index (χ4n) is 1.97. The van der Waals surface area contributed by atoms with E-state index in [9.17, 15) is 4.79 Å². The zero-order chi connectivity index (χ0) is 16.3. The van der Waals surface area contributed by atoms with Gasteiger partial charge in [-0.15, -0.1) is 11.8 Å². The third-order valence-corrected chi connectivity index (χ3v) is 4.22. The monoisotopic (exact) mass is 334 g/mol. The van der Waals surface area contributed by atoms with Crippen LogP contribution in [0, 0.1) is 0 Å². The van der Waals surface area contributed by atoms with E-state index in [0.29, 0.717) is 31.2 Å². The van der Waals surface area contributed by atoms with Gasteiger partial charge < -0.3 is 19.8 Å². The second-order valence-corrected chi connectivity index (χ2v) is 5.92. The molecule has 0 spiro atoms. The van der Waals surface area contributed by atoms with Crippen molar-refractivity contribution in [2.45, 2.75) is 10.6 Å². The van der Waals surface area contributed by atoms with Crippen molar-refractivity contribution in [3.8, 4) is 0 Å². The van der Waals surface area contributed by atoms with Crippen LogP contribution in [0.2, 0.25) is 0 Å². The summed E-state index contributed by atoms with van der Waals surface area (Å²) in [6, 6.07) is 11.9. The van der Waals surface area contributed by atoms with E-state index in [1.165, 1.54) is 4.90 Å². The summed E-state index contributed by atoms with van der Waals surface area (Å²) in [5.41, 5.74) is 0.906. The second kappa shape index (κ2) is 10.1. The molecule has 124 valence electrons. The van der Waals surface area contributed by atoms with Crippen LogP contribution in [0.3, 0.4) is 0 Å². The Morgan fingerprint density at radius 2 is 2.00 bits per heavy atom. The number of hydrogen-bond donors (Lipinski definition) is 2. The van der Waals surface area contributed by atoms with Crippen LogP contribution in [0.1, 0.15) is 16.1 Å². The third-order valence-electron chi connectivity index (χ3n) is 3.16. The summed E-state index contributed by atoms with van der Waals surface area (Å²) >= 11 is 1.68. The number of nitrogens with one attached hydrogen (secondary N) is 2. The predicted molar refractivity (Wildman–Crippen MR) is 91.8 cm³/mol. The van der Waals surface area contributed by atoms with Crippen LogP contribution in [-0.2, 0) is 10.5 Å². The summed E-state index contributed by atoms with van der Waals surface area (Å²) in [6.45, 7) is 2.68. The van der Waals surface area contributed by atoms with Gasteiger partial charge in [-0.1, -0.05) is 18.2 Å². The highest BCUT2D eigenvalue weighted by atomic mass is 32.2. The molecule has 5 nitrogen and oxygen atoms in total. The van der Waals surface area contributed by atoms with E-state index in [4.69, 9.17) is 9.15 Å². The Morgan fingerprint density at radius 1 is 1.17 bits per heavy atom. The summed E-state index contributed by atoms with van der Waals surface area (Å²) in [4.78, 5) is 13.3. The van der Waals surface area contributed by atoms with Crippen molar-refractivity contribution in [1.29, 1.82) is 0 Å². The molecule has 2 aromatic rings. The van der Waals surface area contributed by atoms with Crippen molar-refractivity contribution in [3.05, 3.63) is 54.0 Å². The Balaban J connectivity index is 1.77. The molecule has 1 amide bonds. The van der Waals surface area contributed by atoms with Crippen LogP contribution >= 0.6 is 11.8 Å². The molecule has 0 radical (unpaired) electrons. The standard InChI is InChI=1S/C17H22N2O3S/c1-21-12-10-18-8-9-19-17(20)16-14(7-11-22-16)13-23-15-5-3-2-4-6-15/h2-7,11,18H,8-10,12-13H2,1H3,(H,19,20). The van der Waals surface area contributed by atoms with Crippen LogP contribution in [-0.4, -0.2) is 39.3 Å². The average Bonchev–Trinajstić information content (AvgIpc) is 3.05. The molecule has 2 N–H and O–H groups in total. The molecule has 1 heterocycles. The lowest BCUT2D eigenvalue weighted by Gasteiger charge is -2.06. The second-order valence-electron chi connectivity index (χ2n) is 4.88. The van der Waals surface area contributed by atoms with Crippen molar-refractivity contribution in [2.75, 3.05) is 33.4 Å². The minimum Gasteiger partial charge on any atom is -0.459 e. The number of thioether (sulfide) groups is 1.